The van der Waals surface area contributed by atoms with Gasteiger partial charge in [0.05, 0.1) is 12.0 Å². The Kier molecular flexibility index (Phi) is 4.48. The molecule has 2 aliphatic carbocycles. The summed E-state index contributed by atoms with van der Waals surface area (Å²) >= 11 is 0. The van der Waals surface area contributed by atoms with E-state index in [1.165, 1.54) is 12.1 Å². The SMILES string of the molecule is O=C(CC1(O)CCCCC1)N(Cc1ccc(F)cc1)C1CC1. The molecule has 2 fully saturated rings. The van der Waals surface area contributed by atoms with E-state index in [0.717, 1.165) is 50.5 Å². The summed E-state index contributed by atoms with van der Waals surface area (Å²) < 4.78 is 13.0. The molecule has 1 aromatic carbocycles. The van der Waals surface area contributed by atoms with E-state index >= 15 is 0 Å². The van der Waals surface area contributed by atoms with Crippen LogP contribution in [0, 0.1) is 5.82 Å². The summed E-state index contributed by atoms with van der Waals surface area (Å²) in [7, 11) is 0. The summed E-state index contributed by atoms with van der Waals surface area (Å²) in [6.45, 7) is 0.514. The molecule has 0 spiro atoms. The fourth-order valence-corrected chi connectivity index (χ4v) is 3.36. The van der Waals surface area contributed by atoms with Gasteiger partial charge in [-0.05, 0) is 43.4 Å². The Hall–Kier alpha value is -1.42. The first-order chi connectivity index (χ1) is 10.6. The molecule has 0 aromatic heterocycles. The van der Waals surface area contributed by atoms with Gasteiger partial charge in [-0.25, -0.2) is 4.39 Å². The number of benzene rings is 1. The van der Waals surface area contributed by atoms with Gasteiger partial charge in [0, 0.05) is 12.6 Å². The number of carbonyl (C=O) groups is 1. The molecule has 0 aliphatic heterocycles. The summed E-state index contributed by atoms with van der Waals surface area (Å²) in [4.78, 5) is 14.5. The van der Waals surface area contributed by atoms with Crippen molar-refractivity contribution in [2.45, 2.75) is 69.6 Å². The molecule has 0 saturated heterocycles. The molecule has 3 rings (SSSR count). The van der Waals surface area contributed by atoms with Crippen molar-refractivity contribution >= 4 is 5.91 Å². The van der Waals surface area contributed by atoms with Crippen LogP contribution < -0.4 is 0 Å². The normalized spacial score (nSPS) is 20.6. The van der Waals surface area contributed by atoms with E-state index in [-0.39, 0.29) is 18.1 Å². The van der Waals surface area contributed by atoms with E-state index in [0.29, 0.717) is 12.6 Å². The van der Waals surface area contributed by atoms with Gasteiger partial charge in [-0.1, -0.05) is 31.4 Å². The summed E-state index contributed by atoms with van der Waals surface area (Å²) in [6.07, 6.45) is 6.91. The summed E-state index contributed by atoms with van der Waals surface area (Å²) in [5.41, 5.74) is 0.128. The highest BCUT2D eigenvalue weighted by molar-refractivity contribution is 5.78. The first-order valence-corrected chi connectivity index (χ1v) is 8.32. The van der Waals surface area contributed by atoms with Gasteiger partial charge in [0.25, 0.3) is 0 Å². The predicted molar refractivity (Wildman–Crippen MR) is 82.6 cm³/mol. The molecule has 0 radical (unpaired) electrons. The van der Waals surface area contributed by atoms with Crippen molar-refractivity contribution in [3.05, 3.63) is 35.6 Å². The maximum Gasteiger partial charge on any atom is 0.226 e. The lowest BCUT2D eigenvalue weighted by Gasteiger charge is -2.34. The number of carbonyl (C=O) groups excluding carboxylic acids is 1. The minimum absolute atomic E-state index is 0.0382. The summed E-state index contributed by atoms with van der Waals surface area (Å²) in [5.74, 6) is -0.221. The Morgan fingerprint density at radius 2 is 1.82 bits per heavy atom. The van der Waals surface area contributed by atoms with E-state index in [2.05, 4.69) is 0 Å². The van der Waals surface area contributed by atoms with Crippen LogP contribution in [0.1, 0.15) is 56.9 Å². The van der Waals surface area contributed by atoms with Crippen LogP contribution in [0.2, 0.25) is 0 Å². The van der Waals surface area contributed by atoms with Crippen LogP contribution in [0.4, 0.5) is 4.39 Å². The van der Waals surface area contributed by atoms with E-state index in [1.54, 1.807) is 12.1 Å². The fraction of sp³-hybridized carbons (Fsp3) is 0.611. The Labute approximate surface area is 131 Å². The molecule has 4 heteroatoms. The Balaban J connectivity index is 1.65. The Bertz CT molecular complexity index is 518. The lowest BCUT2D eigenvalue weighted by Crippen LogP contribution is -2.41. The quantitative estimate of drug-likeness (QED) is 0.905. The molecule has 1 aromatic rings. The third kappa shape index (κ3) is 3.86. The molecule has 1 N–H and O–H groups in total. The van der Waals surface area contributed by atoms with Crippen molar-refractivity contribution in [3.8, 4) is 0 Å². The lowest BCUT2D eigenvalue weighted by atomic mass is 9.82. The molecular weight excluding hydrogens is 281 g/mol. The first kappa shape index (κ1) is 15.5. The van der Waals surface area contributed by atoms with Crippen LogP contribution in [0.15, 0.2) is 24.3 Å². The predicted octanol–water partition coefficient (Wildman–Crippen LogP) is 3.40. The largest absolute Gasteiger partial charge is 0.389 e. The molecule has 3 nitrogen and oxygen atoms in total. The second-order valence-electron chi connectivity index (χ2n) is 6.84. The maximum absolute atomic E-state index is 13.0. The molecule has 0 bridgehead atoms. The van der Waals surface area contributed by atoms with Gasteiger partial charge in [-0.2, -0.15) is 0 Å². The van der Waals surface area contributed by atoms with Gasteiger partial charge in [0.1, 0.15) is 5.82 Å². The number of amides is 1. The zero-order valence-corrected chi connectivity index (χ0v) is 12.9. The number of hydrogen-bond acceptors (Lipinski definition) is 2. The lowest BCUT2D eigenvalue weighted by molar-refractivity contribution is -0.139. The molecule has 2 aliphatic rings. The van der Waals surface area contributed by atoms with Gasteiger partial charge in [0.15, 0.2) is 0 Å². The average Bonchev–Trinajstić information content (AvgIpc) is 3.31. The molecule has 0 heterocycles. The van der Waals surface area contributed by atoms with Crippen molar-refractivity contribution in [2.75, 3.05) is 0 Å². The second kappa shape index (κ2) is 6.37. The van der Waals surface area contributed by atoms with Crippen LogP contribution in [0.3, 0.4) is 0 Å². The molecule has 2 saturated carbocycles. The monoisotopic (exact) mass is 305 g/mol. The molecule has 22 heavy (non-hydrogen) atoms. The van der Waals surface area contributed by atoms with Gasteiger partial charge in [-0.3, -0.25) is 4.79 Å². The van der Waals surface area contributed by atoms with Crippen LogP contribution in [0.25, 0.3) is 0 Å². The van der Waals surface area contributed by atoms with E-state index in [9.17, 15) is 14.3 Å². The smallest absolute Gasteiger partial charge is 0.226 e. The highest BCUT2D eigenvalue weighted by Crippen LogP contribution is 2.34. The molecule has 120 valence electrons. The van der Waals surface area contributed by atoms with Crippen LogP contribution >= 0.6 is 0 Å². The standard InChI is InChI=1S/C18H24FNO2/c19-15-6-4-14(5-7-15)13-20(16-8-9-16)17(21)12-18(22)10-2-1-3-11-18/h4-7,16,22H,1-3,8-13H2. The van der Waals surface area contributed by atoms with Gasteiger partial charge < -0.3 is 10.0 Å². The minimum atomic E-state index is -0.814. The zero-order valence-electron chi connectivity index (χ0n) is 12.9. The Morgan fingerprint density at radius 3 is 2.41 bits per heavy atom. The van der Waals surface area contributed by atoms with Crippen molar-refractivity contribution < 1.29 is 14.3 Å². The number of rotatable bonds is 5. The molecular formula is C18H24FNO2. The number of halogens is 1. The van der Waals surface area contributed by atoms with E-state index in [4.69, 9.17) is 0 Å². The van der Waals surface area contributed by atoms with Gasteiger partial charge >= 0.3 is 0 Å². The fourth-order valence-electron chi connectivity index (χ4n) is 3.36. The maximum atomic E-state index is 13.0. The molecule has 0 atom stereocenters. The minimum Gasteiger partial charge on any atom is -0.389 e. The van der Waals surface area contributed by atoms with Gasteiger partial charge in [0.2, 0.25) is 5.91 Å². The number of aliphatic hydroxyl groups is 1. The molecule has 1 amide bonds. The van der Waals surface area contributed by atoms with Crippen molar-refractivity contribution in [3.63, 3.8) is 0 Å². The topological polar surface area (TPSA) is 40.5 Å². The van der Waals surface area contributed by atoms with Crippen LogP contribution in [-0.4, -0.2) is 27.6 Å². The number of nitrogens with zero attached hydrogens (tertiary/aromatic N) is 1. The third-order valence-corrected chi connectivity index (χ3v) is 4.84. The van der Waals surface area contributed by atoms with Crippen molar-refractivity contribution in [2.24, 2.45) is 0 Å². The third-order valence-electron chi connectivity index (χ3n) is 4.84. The van der Waals surface area contributed by atoms with E-state index in [1.807, 2.05) is 4.90 Å². The average molecular weight is 305 g/mol. The second-order valence-corrected chi connectivity index (χ2v) is 6.84. The number of hydrogen-bond donors (Lipinski definition) is 1. The zero-order chi connectivity index (χ0) is 15.6. The first-order valence-electron chi connectivity index (χ1n) is 8.32. The van der Waals surface area contributed by atoms with E-state index < -0.39 is 5.60 Å². The highest BCUT2D eigenvalue weighted by Gasteiger charge is 2.38. The molecule has 0 unspecified atom stereocenters. The van der Waals surface area contributed by atoms with Crippen LogP contribution in [-0.2, 0) is 11.3 Å². The van der Waals surface area contributed by atoms with Crippen LogP contribution in [0.5, 0.6) is 0 Å². The van der Waals surface area contributed by atoms with Gasteiger partial charge in [-0.15, -0.1) is 0 Å². The summed E-state index contributed by atoms with van der Waals surface area (Å²) in [5, 5.41) is 10.6. The Morgan fingerprint density at radius 1 is 1.18 bits per heavy atom. The van der Waals surface area contributed by atoms with Crippen molar-refractivity contribution in [1.29, 1.82) is 0 Å². The summed E-state index contributed by atoms with van der Waals surface area (Å²) in [6, 6.07) is 6.62. The highest BCUT2D eigenvalue weighted by atomic mass is 19.1. The van der Waals surface area contributed by atoms with Crippen molar-refractivity contribution in [1.82, 2.24) is 4.90 Å².